The molecule has 0 spiro atoms. The minimum atomic E-state index is 1.64. The number of nitrogens with one attached hydrogen (secondary N) is 1. The van der Waals surface area contributed by atoms with Crippen molar-refractivity contribution in [2.45, 2.75) is 0 Å². The summed E-state index contributed by atoms with van der Waals surface area (Å²) in [6, 6.07) is 0. The highest BCUT2D eigenvalue weighted by Gasteiger charge is 1.29. The summed E-state index contributed by atoms with van der Waals surface area (Å²) in [6.07, 6.45) is 3.28. The van der Waals surface area contributed by atoms with Crippen LogP contribution in [-0.2, 0) is 0 Å². The second kappa shape index (κ2) is 18.0. The van der Waals surface area contributed by atoms with Crippen LogP contribution in [0.4, 0.5) is 0 Å². The van der Waals surface area contributed by atoms with Gasteiger partial charge in [0.05, 0.1) is 0 Å². The molecule has 0 fully saturated rings. The Labute approximate surface area is 45.7 Å². The molecule has 0 amide bonds. The summed E-state index contributed by atoms with van der Waals surface area (Å²) in [5.74, 6) is 0. The van der Waals surface area contributed by atoms with Crippen LogP contribution in [0.5, 0.6) is 0 Å². The van der Waals surface area contributed by atoms with Gasteiger partial charge in [-0.3, -0.25) is 0 Å². The first-order chi connectivity index (χ1) is 3.33. The molecule has 0 aromatic carbocycles. The van der Waals surface area contributed by atoms with Gasteiger partial charge in [0.15, 0.2) is 0 Å². The van der Waals surface area contributed by atoms with Crippen molar-refractivity contribution in [1.82, 2.24) is 5.32 Å². The fraction of sp³-hybridized carbons (Fsp3) is 0.333. The molecular formula is C6H13N. The number of hydrogen-bond donors (Lipinski definition) is 1. The molecule has 0 bridgehead atoms. The quantitative estimate of drug-likeness (QED) is 0.487. The van der Waals surface area contributed by atoms with E-state index < -0.39 is 0 Å². The van der Waals surface area contributed by atoms with Gasteiger partial charge in [-0.05, 0) is 14.1 Å². The third-order valence-corrected chi connectivity index (χ3v) is 0.167. The predicted molar refractivity (Wildman–Crippen MR) is 35.4 cm³/mol. The normalized spacial score (nSPS) is 5.43. The van der Waals surface area contributed by atoms with E-state index in [0.29, 0.717) is 0 Å². The highest BCUT2D eigenvalue weighted by Crippen LogP contribution is 1.52. The van der Waals surface area contributed by atoms with Gasteiger partial charge in [-0.25, -0.2) is 0 Å². The van der Waals surface area contributed by atoms with Crippen molar-refractivity contribution < 1.29 is 0 Å². The summed E-state index contributed by atoms with van der Waals surface area (Å²) in [6.45, 7) is 6.72. The zero-order valence-electron chi connectivity index (χ0n) is 5.07. The van der Waals surface area contributed by atoms with Crippen LogP contribution < -0.4 is 5.32 Å². The van der Waals surface area contributed by atoms with Gasteiger partial charge in [0, 0.05) is 0 Å². The second-order valence-electron chi connectivity index (χ2n) is 0.971. The molecular weight excluding hydrogens is 86.1 g/mol. The van der Waals surface area contributed by atoms with Gasteiger partial charge in [0.2, 0.25) is 0 Å². The van der Waals surface area contributed by atoms with Crippen molar-refractivity contribution >= 4 is 0 Å². The van der Waals surface area contributed by atoms with Crippen molar-refractivity contribution in [2.24, 2.45) is 0 Å². The topological polar surface area (TPSA) is 12.0 Å². The van der Waals surface area contributed by atoms with E-state index in [4.69, 9.17) is 0 Å². The van der Waals surface area contributed by atoms with E-state index in [1.54, 1.807) is 12.2 Å². The smallest absolute Gasteiger partial charge is 0.0167 e. The largest absolute Gasteiger partial charge is 0.323 e. The minimum Gasteiger partial charge on any atom is -0.323 e. The lowest BCUT2D eigenvalue weighted by molar-refractivity contribution is 1.02. The van der Waals surface area contributed by atoms with E-state index in [2.05, 4.69) is 18.5 Å². The Morgan fingerprint density at radius 1 is 1.14 bits per heavy atom. The molecule has 7 heavy (non-hydrogen) atoms. The van der Waals surface area contributed by atoms with Gasteiger partial charge in [0.1, 0.15) is 0 Å². The summed E-state index contributed by atoms with van der Waals surface area (Å²) in [7, 11) is 3.75. The maximum absolute atomic E-state index is 3.36. The van der Waals surface area contributed by atoms with Crippen LogP contribution >= 0.6 is 0 Å². The van der Waals surface area contributed by atoms with E-state index in [9.17, 15) is 0 Å². The molecule has 0 unspecified atom stereocenters. The van der Waals surface area contributed by atoms with Crippen LogP contribution in [-0.4, -0.2) is 14.1 Å². The Morgan fingerprint density at radius 3 is 1.29 bits per heavy atom. The molecule has 0 aliphatic heterocycles. The van der Waals surface area contributed by atoms with Crippen LogP contribution in [0.15, 0.2) is 25.3 Å². The van der Waals surface area contributed by atoms with Crippen LogP contribution in [0.1, 0.15) is 0 Å². The van der Waals surface area contributed by atoms with Crippen molar-refractivity contribution in [2.75, 3.05) is 14.1 Å². The summed E-state index contributed by atoms with van der Waals surface area (Å²) in [5, 5.41) is 2.75. The average Bonchev–Trinajstić information content (AvgIpc) is 1.69. The van der Waals surface area contributed by atoms with Crippen LogP contribution in [0, 0.1) is 0 Å². The highest BCUT2D eigenvalue weighted by atomic mass is 14.7. The van der Waals surface area contributed by atoms with E-state index in [1.807, 2.05) is 14.1 Å². The standard InChI is InChI=1S/C4H6.C2H7N/c1-3-4-2;1-3-2/h3-4H,1-2H2;3H,1-2H3. The molecule has 0 atom stereocenters. The second-order valence-corrected chi connectivity index (χ2v) is 0.971. The summed E-state index contributed by atoms with van der Waals surface area (Å²) in [5.41, 5.74) is 0. The first-order valence-electron chi connectivity index (χ1n) is 2.15. The van der Waals surface area contributed by atoms with Crippen LogP contribution in [0.25, 0.3) is 0 Å². The minimum absolute atomic E-state index is 1.64. The van der Waals surface area contributed by atoms with E-state index >= 15 is 0 Å². The fourth-order valence-corrected chi connectivity index (χ4v) is 0. The molecule has 0 aromatic heterocycles. The number of allylic oxidation sites excluding steroid dienone is 2. The van der Waals surface area contributed by atoms with Crippen molar-refractivity contribution in [3.05, 3.63) is 25.3 Å². The molecule has 0 saturated heterocycles. The number of hydrogen-bond acceptors (Lipinski definition) is 1. The molecule has 0 heterocycles. The number of rotatable bonds is 1. The molecule has 1 heteroatoms. The predicted octanol–water partition coefficient (Wildman–Crippen LogP) is 1.19. The van der Waals surface area contributed by atoms with E-state index in [1.165, 1.54) is 0 Å². The highest BCUT2D eigenvalue weighted by molar-refractivity contribution is 4.88. The summed E-state index contributed by atoms with van der Waals surface area (Å²) >= 11 is 0. The molecule has 0 aliphatic rings. The fourth-order valence-electron chi connectivity index (χ4n) is 0. The van der Waals surface area contributed by atoms with Gasteiger partial charge in [0.25, 0.3) is 0 Å². The Kier molecular flexibility index (Phi) is 24.9. The SMILES string of the molecule is C=CC=C.CNC. The van der Waals surface area contributed by atoms with Crippen LogP contribution in [0.3, 0.4) is 0 Å². The molecule has 0 aromatic rings. The lowest BCUT2D eigenvalue weighted by Gasteiger charge is -1.59. The van der Waals surface area contributed by atoms with Gasteiger partial charge >= 0.3 is 0 Å². The van der Waals surface area contributed by atoms with Crippen LogP contribution in [0.2, 0.25) is 0 Å². The first-order valence-corrected chi connectivity index (χ1v) is 2.15. The summed E-state index contributed by atoms with van der Waals surface area (Å²) in [4.78, 5) is 0. The Morgan fingerprint density at radius 2 is 1.29 bits per heavy atom. The maximum atomic E-state index is 3.36. The van der Waals surface area contributed by atoms with Crippen molar-refractivity contribution in [3.8, 4) is 0 Å². The molecule has 1 nitrogen and oxygen atoms in total. The third kappa shape index (κ3) is 333. The molecule has 0 radical (unpaired) electrons. The zero-order chi connectivity index (χ0) is 6.12. The van der Waals surface area contributed by atoms with Gasteiger partial charge in [-0.1, -0.05) is 25.3 Å². The Hall–Kier alpha value is -0.560. The lowest BCUT2D eigenvalue weighted by atomic mass is 10.6. The van der Waals surface area contributed by atoms with E-state index in [-0.39, 0.29) is 0 Å². The van der Waals surface area contributed by atoms with E-state index in [0.717, 1.165) is 0 Å². The zero-order valence-corrected chi connectivity index (χ0v) is 5.07. The molecule has 0 saturated carbocycles. The average molecular weight is 99.2 g/mol. The lowest BCUT2D eigenvalue weighted by Crippen LogP contribution is -1.89. The van der Waals surface area contributed by atoms with Gasteiger partial charge in [-0.2, -0.15) is 0 Å². The molecule has 0 rings (SSSR count). The first kappa shape index (κ1) is 9.67. The van der Waals surface area contributed by atoms with Crippen molar-refractivity contribution in [1.29, 1.82) is 0 Å². The summed E-state index contributed by atoms with van der Waals surface area (Å²) < 4.78 is 0. The third-order valence-electron chi connectivity index (χ3n) is 0.167. The van der Waals surface area contributed by atoms with Gasteiger partial charge in [-0.15, -0.1) is 0 Å². The van der Waals surface area contributed by atoms with Crippen molar-refractivity contribution in [3.63, 3.8) is 0 Å². The van der Waals surface area contributed by atoms with Gasteiger partial charge < -0.3 is 5.32 Å². The Balaban J connectivity index is 0. The molecule has 42 valence electrons. The Bertz CT molecular complexity index is 33.4. The maximum Gasteiger partial charge on any atom is -0.0167 e. The molecule has 1 N–H and O–H groups in total. The monoisotopic (exact) mass is 99.1 g/mol. The molecule has 0 aliphatic carbocycles.